The van der Waals surface area contributed by atoms with Crippen molar-refractivity contribution in [1.82, 2.24) is 0 Å². The van der Waals surface area contributed by atoms with E-state index in [1.807, 2.05) is 0 Å². The SMILES string of the molecule is CC/C=C\C/C=C\C/C=C\C/C=C\C/C=C\C/C=C\CCCCC(=O)OCC(COC(=O)CCCCCCC/C=C\C/C=C\C/C=C\CC)OC(=O)CCCCCCCCCC/C=C\C/C=C\C/C=C\C/C=C\CC. The molecular formula is C69H108O6. The minimum atomic E-state index is -0.817. The van der Waals surface area contributed by atoms with Crippen molar-refractivity contribution in [2.24, 2.45) is 0 Å². The van der Waals surface area contributed by atoms with Crippen LogP contribution in [-0.4, -0.2) is 37.2 Å². The molecule has 0 aromatic heterocycles. The molecule has 420 valence electrons. The molecule has 75 heavy (non-hydrogen) atoms. The van der Waals surface area contributed by atoms with Crippen LogP contribution < -0.4 is 0 Å². The third-order valence-corrected chi connectivity index (χ3v) is 12.0. The third kappa shape index (κ3) is 59.8. The second kappa shape index (κ2) is 61.6. The maximum Gasteiger partial charge on any atom is 0.306 e. The summed E-state index contributed by atoms with van der Waals surface area (Å²) >= 11 is 0. The molecule has 0 bridgehead atoms. The fourth-order valence-electron chi connectivity index (χ4n) is 7.63. The predicted molar refractivity (Wildman–Crippen MR) is 325 cm³/mol. The van der Waals surface area contributed by atoms with E-state index in [1.165, 1.54) is 32.1 Å². The summed E-state index contributed by atoms with van der Waals surface area (Å²) in [6.07, 6.45) is 89.5. The van der Waals surface area contributed by atoms with Crippen LogP contribution in [0.4, 0.5) is 0 Å². The predicted octanol–water partition coefficient (Wildman–Crippen LogP) is 20.5. The first-order chi connectivity index (χ1) is 37.0. The van der Waals surface area contributed by atoms with Gasteiger partial charge in [0.15, 0.2) is 6.10 Å². The molecule has 0 aliphatic heterocycles. The van der Waals surface area contributed by atoms with Crippen LogP contribution in [0.3, 0.4) is 0 Å². The van der Waals surface area contributed by atoms with E-state index in [-0.39, 0.29) is 31.1 Å². The summed E-state index contributed by atoms with van der Waals surface area (Å²) in [7, 11) is 0. The number of ether oxygens (including phenoxy) is 3. The molecule has 0 radical (unpaired) electrons. The Morgan fingerprint density at radius 2 is 0.480 bits per heavy atom. The maximum atomic E-state index is 12.9. The van der Waals surface area contributed by atoms with Crippen molar-refractivity contribution < 1.29 is 28.6 Å². The van der Waals surface area contributed by atoms with Crippen LogP contribution in [-0.2, 0) is 28.6 Å². The van der Waals surface area contributed by atoms with E-state index >= 15 is 0 Å². The highest BCUT2D eigenvalue weighted by atomic mass is 16.6. The second-order valence-electron chi connectivity index (χ2n) is 19.1. The van der Waals surface area contributed by atoms with Gasteiger partial charge >= 0.3 is 17.9 Å². The molecule has 0 saturated heterocycles. The first-order valence-corrected chi connectivity index (χ1v) is 30.0. The van der Waals surface area contributed by atoms with Gasteiger partial charge in [-0.1, -0.05) is 237 Å². The smallest absolute Gasteiger partial charge is 0.306 e. The molecule has 0 aromatic rings. The van der Waals surface area contributed by atoms with Crippen LogP contribution in [0, 0.1) is 0 Å². The molecule has 6 heteroatoms. The zero-order valence-electron chi connectivity index (χ0n) is 48.0. The number of esters is 3. The van der Waals surface area contributed by atoms with Gasteiger partial charge in [0.2, 0.25) is 0 Å². The molecule has 0 rings (SSSR count). The van der Waals surface area contributed by atoms with Crippen molar-refractivity contribution in [3.63, 3.8) is 0 Å². The number of rotatable bonds is 52. The summed E-state index contributed by atoms with van der Waals surface area (Å²) in [5.41, 5.74) is 0. The standard InChI is InChI=1S/C69H108O6/c1-4-7-10-13-16-19-22-25-28-30-32-34-36-38-41-44-47-50-53-56-59-62-68(71)74-65-66(64-73-67(70)61-58-55-52-49-46-43-40-27-24-21-18-15-12-9-6-3)75-69(72)63-60-57-54-51-48-45-42-39-37-35-33-31-29-26-23-20-17-14-11-8-5-2/h7-12,16-21,25-29,32-35,38,40-41,47,50,66H,4-6,13-15,22-24,30-31,36-37,39,42-46,48-49,51-65H2,1-3H3/b10-7-,11-8-,12-9-,19-16-,20-17-,21-18-,28-25-,29-26-,34-32-,35-33-,40-27-,41-38-,50-47-. The third-order valence-electron chi connectivity index (χ3n) is 12.0. The van der Waals surface area contributed by atoms with E-state index < -0.39 is 6.10 Å². The van der Waals surface area contributed by atoms with Crippen LogP contribution in [0.1, 0.15) is 239 Å². The number of allylic oxidation sites excluding steroid dienone is 26. The molecule has 0 aromatic carbocycles. The van der Waals surface area contributed by atoms with E-state index in [2.05, 4.69) is 179 Å². The van der Waals surface area contributed by atoms with Gasteiger partial charge in [-0.2, -0.15) is 0 Å². The van der Waals surface area contributed by atoms with Gasteiger partial charge in [0.1, 0.15) is 13.2 Å². The van der Waals surface area contributed by atoms with Crippen molar-refractivity contribution >= 4 is 17.9 Å². The molecule has 0 spiro atoms. The van der Waals surface area contributed by atoms with E-state index in [9.17, 15) is 14.4 Å². The van der Waals surface area contributed by atoms with Crippen LogP contribution in [0.5, 0.6) is 0 Å². The molecule has 0 aliphatic carbocycles. The Hall–Kier alpha value is -4.97. The number of unbranched alkanes of at least 4 members (excludes halogenated alkanes) is 15. The molecule has 0 fully saturated rings. The lowest BCUT2D eigenvalue weighted by atomic mass is 10.1. The molecule has 0 N–H and O–H groups in total. The molecule has 6 nitrogen and oxygen atoms in total. The molecule has 1 atom stereocenters. The lowest BCUT2D eigenvalue weighted by molar-refractivity contribution is -0.167. The monoisotopic (exact) mass is 1030 g/mol. The average molecular weight is 1030 g/mol. The Balaban J connectivity index is 4.53. The normalized spacial score (nSPS) is 13.3. The number of hydrogen-bond acceptors (Lipinski definition) is 6. The van der Waals surface area contributed by atoms with Crippen LogP contribution in [0.15, 0.2) is 158 Å². The second-order valence-corrected chi connectivity index (χ2v) is 19.1. The fraction of sp³-hybridized carbons (Fsp3) is 0.580. The van der Waals surface area contributed by atoms with Crippen molar-refractivity contribution in [2.75, 3.05) is 13.2 Å². The van der Waals surface area contributed by atoms with Crippen molar-refractivity contribution in [3.05, 3.63) is 158 Å². The summed E-state index contributed by atoms with van der Waals surface area (Å²) in [4.78, 5) is 38.3. The van der Waals surface area contributed by atoms with Gasteiger partial charge in [0.25, 0.3) is 0 Å². The lowest BCUT2D eigenvalue weighted by Gasteiger charge is -2.18. The maximum absolute atomic E-state index is 12.9. The molecular weight excluding hydrogens is 925 g/mol. The summed E-state index contributed by atoms with van der Waals surface area (Å²) in [5.74, 6) is -0.985. The summed E-state index contributed by atoms with van der Waals surface area (Å²) < 4.78 is 16.8. The minimum Gasteiger partial charge on any atom is -0.462 e. The van der Waals surface area contributed by atoms with Crippen LogP contribution >= 0.6 is 0 Å². The Kier molecular flexibility index (Phi) is 57.5. The van der Waals surface area contributed by atoms with Crippen molar-refractivity contribution in [2.45, 2.75) is 245 Å². The quantitative estimate of drug-likeness (QED) is 0.0261. The van der Waals surface area contributed by atoms with Gasteiger partial charge in [0, 0.05) is 19.3 Å². The first-order valence-electron chi connectivity index (χ1n) is 30.0. The molecule has 1 unspecified atom stereocenters. The number of carbonyl (C=O) groups is 3. The minimum absolute atomic E-state index is 0.111. The summed E-state index contributed by atoms with van der Waals surface area (Å²) in [6, 6.07) is 0. The largest absolute Gasteiger partial charge is 0.462 e. The zero-order valence-corrected chi connectivity index (χ0v) is 48.0. The highest BCUT2D eigenvalue weighted by Crippen LogP contribution is 2.14. The Bertz CT molecular complexity index is 1710. The van der Waals surface area contributed by atoms with Gasteiger partial charge in [-0.15, -0.1) is 0 Å². The van der Waals surface area contributed by atoms with Gasteiger partial charge in [-0.05, 0) is 141 Å². The molecule has 0 saturated carbocycles. The van der Waals surface area contributed by atoms with E-state index in [4.69, 9.17) is 14.2 Å². The van der Waals surface area contributed by atoms with Crippen LogP contribution in [0.2, 0.25) is 0 Å². The lowest BCUT2D eigenvalue weighted by Crippen LogP contribution is -2.30. The average Bonchev–Trinajstić information content (AvgIpc) is 3.41. The molecule has 0 amide bonds. The summed E-state index contributed by atoms with van der Waals surface area (Å²) in [6.45, 7) is 6.23. The Morgan fingerprint density at radius 1 is 0.267 bits per heavy atom. The van der Waals surface area contributed by atoms with Crippen molar-refractivity contribution in [1.29, 1.82) is 0 Å². The van der Waals surface area contributed by atoms with E-state index in [0.29, 0.717) is 25.7 Å². The Labute approximate surface area is 460 Å². The van der Waals surface area contributed by atoms with Gasteiger partial charge in [-0.25, -0.2) is 0 Å². The highest BCUT2D eigenvalue weighted by molar-refractivity contribution is 5.71. The number of hydrogen-bond donors (Lipinski definition) is 0. The zero-order chi connectivity index (χ0) is 54.3. The van der Waals surface area contributed by atoms with Gasteiger partial charge in [0.05, 0.1) is 0 Å². The summed E-state index contributed by atoms with van der Waals surface area (Å²) in [5, 5.41) is 0. The molecule has 0 heterocycles. The molecule has 0 aliphatic rings. The van der Waals surface area contributed by atoms with Crippen LogP contribution in [0.25, 0.3) is 0 Å². The van der Waals surface area contributed by atoms with Gasteiger partial charge < -0.3 is 14.2 Å². The van der Waals surface area contributed by atoms with Gasteiger partial charge in [-0.3, -0.25) is 14.4 Å². The van der Waals surface area contributed by atoms with E-state index in [1.54, 1.807) is 0 Å². The van der Waals surface area contributed by atoms with E-state index in [0.717, 1.165) is 161 Å². The Morgan fingerprint density at radius 3 is 0.773 bits per heavy atom. The number of carbonyl (C=O) groups excluding carboxylic acids is 3. The first kappa shape index (κ1) is 70.0. The topological polar surface area (TPSA) is 78.9 Å². The fourth-order valence-corrected chi connectivity index (χ4v) is 7.63. The highest BCUT2D eigenvalue weighted by Gasteiger charge is 2.19. The van der Waals surface area contributed by atoms with Crippen molar-refractivity contribution in [3.8, 4) is 0 Å².